The first-order valence-electron chi connectivity index (χ1n) is 13.5. The Balaban J connectivity index is 1.05. The molecule has 0 unspecified atom stereocenters. The van der Waals surface area contributed by atoms with Crippen LogP contribution in [0.4, 0.5) is 17.1 Å². The number of nitrogens with zero attached hydrogens (tertiary/aromatic N) is 2. The number of rotatable bonds is 10. The highest BCUT2D eigenvalue weighted by Gasteiger charge is 2.19. The van der Waals surface area contributed by atoms with E-state index in [1.165, 1.54) is 0 Å². The van der Waals surface area contributed by atoms with Crippen LogP contribution in [0, 0.1) is 0 Å². The number of pyridine rings is 1. The van der Waals surface area contributed by atoms with Crippen molar-refractivity contribution in [3.63, 3.8) is 0 Å². The fourth-order valence-electron chi connectivity index (χ4n) is 4.66. The van der Waals surface area contributed by atoms with Gasteiger partial charge in [0.1, 0.15) is 5.75 Å². The van der Waals surface area contributed by atoms with Crippen LogP contribution < -0.4 is 20.1 Å². The van der Waals surface area contributed by atoms with E-state index >= 15 is 0 Å². The highest BCUT2D eigenvalue weighted by atomic mass is 32.2. The Morgan fingerprint density at radius 3 is 2.20 bits per heavy atom. The number of hydrogen-bond donors (Lipinski definition) is 3. The SMILES string of the molecule is CS(=O)(=O)Nc1ccc(Oc2ccc(CN3CCC(Nc4ccc(C(=O)Nc5ccccc5)cc4)CC3)cn2)cc1. The van der Waals surface area contributed by atoms with Crippen LogP contribution in [0.2, 0.25) is 0 Å². The van der Waals surface area contributed by atoms with Crippen molar-refractivity contribution in [3.05, 3.63) is 108 Å². The van der Waals surface area contributed by atoms with Gasteiger partial charge in [0.15, 0.2) is 0 Å². The molecule has 10 heteroatoms. The van der Waals surface area contributed by atoms with Crippen LogP contribution in [-0.2, 0) is 16.6 Å². The summed E-state index contributed by atoms with van der Waals surface area (Å²) in [5.74, 6) is 0.927. The number of nitrogens with one attached hydrogen (secondary N) is 3. The molecule has 0 spiro atoms. The van der Waals surface area contributed by atoms with E-state index < -0.39 is 10.0 Å². The zero-order chi connectivity index (χ0) is 28.7. The summed E-state index contributed by atoms with van der Waals surface area (Å²) in [6, 6.07) is 28.0. The summed E-state index contributed by atoms with van der Waals surface area (Å²) in [5.41, 5.74) is 4.00. The Morgan fingerprint density at radius 2 is 1.56 bits per heavy atom. The maximum Gasteiger partial charge on any atom is 0.255 e. The van der Waals surface area contributed by atoms with Gasteiger partial charge in [0.2, 0.25) is 15.9 Å². The summed E-state index contributed by atoms with van der Waals surface area (Å²) in [6.45, 7) is 2.76. The average molecular weight is 572 g/mol. The molecule has 1 amide bonds. The minimum absolute atomic E-state index is 0.122. The summed E-state index contributed by atoms with van der Waals surface area (Å²) < 4.78 is 30.9. The number of para-hydroxylation sites is 1. The van der Waals surface area contributed by atoms with E-state index in [1.54, 1.807) is 24.3 Å². The largest absolute Gasteiger partial charge is 0.439 e. The number of likely N-dealkylation sites (tertiary alicyclic amines) is 1. The first-order valence-corrected chi connectivity index (χ1v) is 15.3. The Hall–Kier alpha value is -4.41. The predicted octanol–water partition coefficient (Wildman–Crippen LogP) is 5.57. The zero-order valence-corrected chi connectivity index (χ0v) is 23.6. The average Bonchev–Trinajstić information content (AvgIpc) is 2.96. The molecular weight excluding hydrogens is 538 g/mol. The maximum atomic E-state index is 12.5. The van der Waals surface area contributed by atoms with Crippen molar-refractivity contribution in [3.8, 4) is 11.6 Å². The maximum absolute atomic E-state index is 12.5. The molecule has 212 valence electrons. The van der Waals surface area contributed by atoms with Gasteiger partial charge in [-0.3, -0.25) is 14.4 Å². The fourth-order valence-corrected chi connectivity index (χ4v) is 5.23. The number of benzene rings is 3. The summed E-state index contributed by atoms with van der Waals surface area (Å²) >= 11 is 0. The molecule has 0 aliphatic carbocycles. The third-order valence-electron chi connectivity index (χ3n) is 6.72. The number of carbonyl (C=O) groups excluding carboxylic acids is 1. The van der Waals surface area contributed by atoms with Crippen molar-refractivity contribution in [1.82, 2.24) is 9.88 Å². The molecule has 1 aliphatic heterocycles. The van der Waals surface area contributed by atoms with Gasteiger partial charge in [-0.25, -0.2) is 13.4 Å². The zero-order valence-electron chi connectivity index (χ0n) is 22.8. The van der Waals surface area contributed by atoms with E-state index in [9.17, 15) is 13.2 Å². The van der Waals surface area contributed by atoms with Gasteiger partial charge >= 0.3 is 0 Å². The van der Waals surface area contributed by atoms with Gasteiger partial charge in [0.05, 0.1) is 6.26 Å². The normalized spacial score (nSPS) is 14.3. The van der Waals surface area contributed by atoms with Gasteiger partial charge in [0.25, 0.3) is 5.91 Å². The second-order valence-corrected chi connectivity index (χ2v) is 11.8. The number of piperidine rings is 1. The lowest BCUT2D eigenvalue weighted by atomic mass is 10.0. The molecule has 41 heavy (non-hydrogen) atoms. The van der Waals surface area contributed by atoms with Gasteiger partial charge in [0, 0.05) is 60.6 Å². The molecule has 4 aromatic rings. The van der Waals surface area contributed by atoms with Crippen molar-refractivity contribution in [1.29, 1.82) is 0 Å². The molecule has 3 aromatic carbocycles. The molecular formula is C31H33N5O4S. The van der Waals surface area contributed by atoms with Crippen LogP contribution in [0.5, 0.6) is 11.6 Å². The highest BCUT2D eigenvalue weighted by molar-refractivity contribution is 7.92. The second kappa shape index (κ2) is 12.8. The van der Waals surface area contributed by atoms with Crippen molar-refractivity contribution >= 4 is 33.0 Å². The number of ether oxygens (including phenoxy) is 1. The quantitative estimate of drug-likeness (QED) is 0.228. The molecule has 3 N–H and O–H groups in total. The molecule has 0 saturated carbocycles. The third-order valence-corrected chi connectivity index (χ3v) is 7.33. The van der Waals surface area contributed by atoms with Crippen molar-refractivity contribution in [2.75, 3.05) is 34.7 Å². The summed E-state index contributed by atoms with van der Waals surface area (Å²) in [6.07, 6.45) is 4.98. The number of hydrogen-bond acceptors (Lipinski definition) is 7. The van der Waals surface area contributed by atoms with Crippen molar-refractivity contribution in [2.24, 2.45) is 0 Å². The minimum Gasteiger partial charge on any atom is -0.439 e. The van der Waals surface area contributed by atoms with Crippen molar-refractivity contribution < 1.29 is 17.9 Å². The summed E-state index contributed by atoms with van der Waals surface area (Å²) in [7, 11) is -3.32. The van der Waals surface area contributed by atoms with E-state index in [0.29, 0.717) is 28.9 Å². The van der Waals surface area contributed by atoms with Crippen LogP contribution in [0.25, 0.3) is 0 Å². The molecule has 0 atom stereocenters. The fraction of sp³-hybridized carbons (Fsp3) is 0.226. The number of sulfonamides is 1. The lowest BCUT2D eigenvalue weighted by Crippen LogP contribution is -2.38. The predicted molar refractivity (Wildman–Crippen MR) is 162 cm³/mol. The summed E-state index contributed by atoms with van der Waals surface area (Å²) in [4.78, 5) is 19.3. The monoisotopic (exact) mass is 571 g/mol. The van der Waals surface area contributed by atoms with E-state index in [0.717, 1.165) is 55.7 Å². The van der Waals surface area contributed by atoms with Gasteiger partial charge < -0.3 is 15.4 Å². The standard InChI is InChI=1S/C31H33N5O4S/c1-41(38,39)35-28-12-14-29(15-13-28)40-30-16-7-23(21-32-30)22-36-19-17-27(18-20-36)33-26-10-8-24(9-11-26)31(37)34-25-5-3-2-4-6-25/h2-16,21,27,33,35H,17-20,22H2,1H3,(H,34,37). The molecule has 0 radical (unpaired) electrons. The van der Waals surface area contributed by atoms with Crippen molar-refractivity contribution in [2.45, 2.75) is 25.4 Å². The first-order chi connectivity index (χ1) is 19.8. The first kappa shape index (κ1) is 28.1. The van der Waals surface area contributed by atoms with Crippen LogP contribution in [0.1, 0.15) is 28.8 Å². The van der Waals surface area contributed by atoms with E-state index in [1.807, 2.05) is 72.9 Å². The number of amides is 1. The van der Waals surface area contributed by atoms with Crippen LogP contribution in [-0.4, -0.2) is 49.6 Å². The van der Waals surface area contributed by atoms with Crippen LogP contribution in [0.15, 0.2) is 97.2 Å². The Kier molecular flexibility index (Phi) is 8.81. The number of aromatic nitrogens is 1. The van der Waals surface area contributed by atoms with E-state index in [2.05, 4.69) is 25.2 Å². The van der Waals surface area contributed by atoms with Crippen LogP contribution >= 0.6 is 0 Å². The lowest BCUT2D eigenvalue weighted by molar-refractivity contribution is 0.102. The molecule has 9 nitrogen and oxygen atoms in total. The van der Waals surface area contributed by atoms with Gasteiger partial charge in [-0.1, -0.05) is 24.3 Å². The Bertz CT molecular complexity index is 1540. The molecule has 1 aliphatic rings. The highest BCUT2D eigenvalue weighted by Crippen LogP contribution is 2.23. The second-order valence-electron chi connectivity index (χ2n) is 10.1. The van der Waals surface area contributed by atoms with Crippen LogP contribution in [0.3, 0.4) is 0 Å². The molecule has 0 bridgehead atoms. The molecule has 1 fully saturated rings. The van der Waals surface area contributed by atoms with E-state index in [4.69, 9.17) is 4.74 Å². The van der Waals surface area contributed by atoms with Gasteiger partial charge in [-0.05, 0) is 79.1 Å². The molecule has 2 heterocycles. The third kappa shape index (κ3) is 8.54. The molecule has 1 saturated heterocycles. The number of anilines is 3. The molecule has 1 aromatic heterocycles. The Morgan fingerprint density at radius 1 is 0.878 bits per heavy atom. The van der Waals surface area contributed by atoms with Gasteiger partial charge in [-0.15, -0.1) is 0 Å². The molecule has 5 rings (SSSR count). The lowest BCUT2D eigenvalue weighted by Gasteiger charge is -2.32. The topological polar surface area (TPSA) is 113 Å². The smallest absolute Gasteiger partial charge is 0.255 e. The number of carbonyl (C=O) groups is 1. The minimum atomic E-state index is -3.32. The Labute approximate surface area is 240 Å². The summed E-state index contributed by atoms with van der Waals surface area (Å²) in [5, 5.41) is 6.52. The van der Waals surface area contributed by atoms with Gasteiger partial charge in [-0.2, -0.15) is 0 Å². The van der Waals surface area contributed by atoms with E-state index in [-0.39, 0.29) is 5.91 Å².